The molecule has 1 aliphatic rings. The molecule has 1 aliphatic heterocycles. The summed E-state index contributed by atoms with van der Waals surface area (Å²) >= 11 is 15.3. The van der Waals surface area contributed by atoms with Crippen LogP contribution in [-0.4, -0.2) is 50.3 Å². The molecule has 0 N–H and O–H groups in total. The molecule has 112 valence electrons. The number of rotatable bonds is 3. The lowest BCUT2D eigenvalue weighted by atomic mass is 10.4. The van der Waals surface area contributed by atoms with E-state index in [1.165, 1.54) is 16.4 Å². The van der Waals surface area contributed by atoms with Gasteiger partial charge in [0, 0.05) is 30.7 Å². The Hall–Kier alpha value is 0.150. The first-order valence-electron chi connectivity index (χ1n) is 6.23. The first kappa shape index (κ1) is 16.5. The predicted molar refractivity (Wildman–Crippen MR) is 85.0 cm³/mol. The van der Waals surface area contributed by atoms with Crippen LogP contribution in [-0.2, 0) is 10.0 Å². The van der Waals surface area contributed by atoms with Crippen LogP contribution in [0.25, 0.3) is 0 Å². The van der Waals surface area contributed by atoms with Gasteiger partial charge in [0.2, 0.25) is 10.0 Å². The number of hydrogen-bond acceptors (Lipinski definition) is 3. The Kier molecular flexibility index (Phi) is 5.37. The highest BCUT2D eigenvalue weighted by Gasteiger charge is 2.30. The molecule has 1 heterocycles. The largest absolute Gasteiger partial charge is 0.301 e. The quantitative estimate of drug-likeness (QED) is 0.730. The molecule has 1 fully saturated rings. The van der Waals surface area contributed by atoms with E-state index in [0.29, 0.717) is 22.6 Å². The number of benzene rings is 1. The average Bonchev–Trinajstić information content (AvgIpc) is 2.42. The van der Waals surface area contributed by atoms with Crippen molar-refractivity contribution in [2.75, 3.05) is 32.7 Å². The SMILES string of the molecule is CCN1CCN(S(=O)(=O)c2cc(Cl)c(Br)cc2Cl)CC1. The van der Waals surface area contributed by atoms with E-state index in [9.17, 15) is 8.42 Å². The van der Waals surface area contributed by atoms with Gasteiger partial charge in [-0.3, -0.25) is 0 Å². The summed E-state index contributed by atoms with van der Waals surface area (Å²) in [6.07, 6.45) is 0. The van der Waals surface area contributed by atoms with E-state index in [0.717, 1.165) is 19.6 Å². The Bertz CT molecular complexity index is 602. The minimum atomic E-state index is -3.59. The zero-order chi connectivity index (χ0) is 14.9. The molecule has 1 saturated heterocycles. The Morgan fingerprint density at radius 1 is 1.15 bits per heavy atom. The summed E-state index contributed by atoms with van der Waals surface area (Å²) in [5.41, 5.74) is 0. The monoisotopic (exact) mass is 400 g/mol. The fourth-order valence-electron chi connectivity index (χ4n) is 2.13. The van der Waals surface area contributed by atoms with Gasteiger partial charge in [0.15, 0.2) is 0 Å². The summed E-state index contributed by atoms with van der Waals surface area (Å²) in [5.74, 6) is 0. The number of sulfonamides is 1. The van der Waals surface area contributed by atoms with Gasteiger partial charge < -0.3 is 4.90 Å². The van der Waals surface area contributed by atoms with Gasteiger partial charge in [-0.25, -0.2) is 8.42 Å². The lowest BCUT2D eigenvalue weighted by Gasteiger charge is -2.33. The van der Waals surface area contributed by atoms with E-state index >= 15 is 0 Å². The molecule has 0 aliphatic carbocycles. The van der Waals surface area contributed by atoms with Gasteiger partial charge in [0.05, 0.1) is 10.0 Å². The number of piperazine rings is 1. The van der Waals surface area contributed by atoms with E-state index in [2.05, 4.69) is 27.8 Å². The third kappa shape index (κ3) is 3.31. The summed E-state index contributed by atoms with van der Waals surface area (Å²) in [6.45, 7) is 5.41. The summed E-state index contributed by atoms with van der Waals surface area (Å²) < 4.78 is 27.3. The van der Waals surface area contributed by atoms with Gasteiger partial charge in [0.1, 0.15) is 4.90 Å². The molecule has 0 bridgehead atoms. The number of halogens is 3. The van der Waals surface area contributed by atoms with Gasteiger partial charge in [-0.05, 0) is 34.6 Å². The van der Waals surface area contributed by atoms with Crippen LogP contribution in [0.4, 0.5) is 0 Å². The van der Waals surface area contributed by atoms with Crippen molar-refractivity contribution in [1.29, 1.82) is 0 Å². The highest BCUT2D eigenvalue weighted by atomic mass is 79.9. The fourth-order valence-corrected chi connectivity index (χ4v) is 4.78. The molecular weight excluding hydrogens is 387 g/mol. The molecule has 0 unspecified atom stereocenters. The standard InChI is InChI=1S/C12H15BrCl2N2O2S/c1-2-16-3-5-17(6-4-16)20(18,19)12-8-10(14)9(13)7-11(12)15/h7-8H,2-6H2,1H3. The third-order valence-corrected chi connectivity index (χ3v) is 6.93. The molecule has 0 amide bonds. The molecule has 1 aromatic carbocycles. The molecule has 4 nitrogen and oxygen atoms in total. The fraction of sp³-hybridized carbons (Fsp3) is 0.500. The van der Waals surface area contributed by atoms with Gasteiger partial charge in [-0.2, -0.15) is 4.31 Å². The number of likely N-dealkylation sites (N-methyl/N-ethyl adjacent to an activating group) is 1. The third-order valence-electron chi connectivity index (χ3n) is 3.37. The predicted octanol–water partition coefficient (Wildman–Crippen LogP) is 3.08. The summed E-state index contributed by atoms with van der Waals surface area (Å²) in [4.78, 5) is 2.28. The van der Waals surface area contributed by atoms with Gasteiger partial charge >= 0.3 is 0 Å². The molecule has 20 heavy (non-hydrogen) atoms. The van der Waals surface area contributed by atoms with Crippen molar-refractivity contribution < 1.29 is 8.42 Å². The lowest BCUT2D eigenvalue weighted by Crippen LogP contribution is -2.48. The Balaban J connectivity index is 2.30. The van der Waals surface area contributed by atoms with E-state index in [1.807, 2.05) is 0 Å². The van der Waals surface area contributed by atoms with Crippen molar-refractivity contribution in [3.8, 4) is 0 Å². The summed E-state index contributed by atoms with van der Waals surface area (Å²) in [5, 5.41) is 0.513. The van der Waals surface area contributed by atoms with Crippen molar-refractivity contribution in [2.45, 2.75) is 11.8 Å². The van der Waals surface area contributed by atoms with Crippen molar-refractivity contribution in [2.24, 2.45) is 0 Å². The highest BCUT2D eigenvalue weighted by Crippen LogP contribution is 2.33. The molecule has 0 saturated carbocycles. The second-order valence-electron chi connectivity index (χ2n) is 4.54. The first-order valence-corrected chi connectivity index (χ1v) is 9.22. The molecule has 1 aromatic rings. The van der Waals surface area contributed by atoms with Crippen LogP contribution in [0.15, 0.2) is 21.5 Å². The summed E-state index contributed by atoms with van der Waals surface area (Å²) in [7, 11) is -3.59. The van der Waals surface area contributed by atoms with Gasteiger partial charge in [-0.1, -0.05) is 30.1 Å². The second kappa shape index (κ2) is 6.50. The first-order chi connectivity index (χ1) is 9.36. The highest BCUT2D eigenvalue weighted by molar-refractivity contribution is 9.10. The normalized spacial score (nSPS) is 18.4. The molecule has 0 radical (unpaired) electrons. The Morgan fingerprint density at radius 2 is 1.75 bits per heavy atom. The van der Waals surface area contributed by atoms with Crippen LogP contribution < -0.4 is 0 Å². The molecular formula is C12H15BrCl2N2O2S. The number of hydrogen-bond donors (Lipinski definition) is 0. The maximum absolute atomic E-state index is 12.6. The van der Waals surface area contributed by atoms with Crippen molar-refractivity contribution in [3.63, 3.8) is 0 Å². The number of nitrogens with zero attached hydrogens (tertiary/aromatic N) is 2. The maximum atomic E-state index is 12.6. The topological polar surface area (TPSA) is 40.6 Å². The molecule has 0 spiro atoms. The smallest absolute Gasteiger partial charge is 0.244 e. The van der Waals surface area contributed by atoms with Crippen molar-refractivity contribution in [1.82, 2.24) is 9.21 Å². The minimum absolute atomic E-state index is 0.0670. The van der Waals surface area contributed by atoms with Crippen LogP contribution in [0.1, 0.15) is 6.92 Å². The van der Waals surface area contributed by atoms with E-state index < -0.39 is 10.0 Å². The second-order valence-corrected chi connectivity index (χ2v) is 8.11. The van der Waals surface area contributed by atoms with E-state index in [1.54, 1.807) is 0 Å². The van der Waals surface area contributed by atoms with Crippen LogP contribution in [0.2, 0.25) is 10.0 Å². The Labute approximate surface area is 137 Å². The Morgan fingerprint density at radius 3 is 2.30 bits per heavy atom. The van der Waals surface area contributed by atoms with Crippen LogP contribution in [0.5, 0.6) is 0 Å². The lowest BCUT2D eigenvalue weighted by molar-refractivity contribution is 0.196. The van der Waals surface area contributed by atoms with Crippen molar-refractivity contribution in [3.05, 3.63) is 26.7 Å². The molecule has 2 rings (SSSR count). The summed E-state index contributed by atoms with van der Waals surface area (Å²) in [6, 6.07) is 2.91. The van der Waals surface area contributed by atoms with E-state index in [-0.39, 0.29) is 9.92 Å². The van der Waals surface area contributed by atoms with Gasteiger partial charge in [0.25, 0.3) is 0 Å². The zero-order valence-electron chi connectivity index (χ0n) is 10.9. The van der Waals surface area contributed by atoms with E-state index in [4.69, 9.17) is 23.2 Å². The van der Waals surface area contributed by atoms with Crippen LogP contribution in [0.3, 0.4) is 0 Å². The minimum Gasteiger partial charge on any atom is -0.301 e. The zero-order valence-corrected chi connectivity index (χ0v) is 14.9. The van der Waals surface area contributed by atoms with Crippen molar-refractivity contribution >= 4 is 49.2 Å². The van der Waals surface area contributed by atoms with Crippen LogP contribution in [0, 0.1) is 0 Å². The molecule has 8 heteroatoms. The molecule has 0 atom stereocenters. The molecule has 0 aromatic heterocycles. The maximum Gasteiger partial charge on any atom is 0.244 e. The van der Waals surface area contributed by atoms with Crippen LogP contribution >= 0.6 is 39.1 Å². The average molecular weight is 402 g/mol. The van der Waals surface area contributed by atoms with Gasteiger partial charge in [-0.15, -0.1) is 0 Å².